The average Bonchev–Trinajstić information content (AvgIpc) is 2.16. The monoisotopic (exact) mass is 259 g/mol. The highest BCUT2D eigenvalue weighted by Gasteiger charge is 2.04. The number of hydrogen-bond acceptors (Lipinski definition) is 4. The molecule has 1 aromatic heterocycles. The van der Waals surface area contributed by atoms with Gasteiger partial charge in [-0.3, -0.25) is 0 Å². The van der Waals surface area contributed by atoms with Crippen LogP contribution in [0.15, 0.2) is 6.07 Å². The molecule has 0 amide bonds. The molecule has 0 saturated heterocycles. The molecule has 5 heteroatoms. The zero-order valence-electron chi connectivity index (χ0n) is 9.96. The summed E-state index contributed by atoms with van der Waals surface area (Å²) in [7, 11) is 0. The summed E-state index contributed by atoms with van der Waals surface area (Å²) < 4.78 is 0. The lowest BCUT2D eigenvalue weighted by Gasteiger charge is -2.14. The predicted molar refractivity (Wildman–Crippen MR) is 72.5 cm³/mol. The number of nitrogens with one attached hydrogen (secondary N) is 1. The quantitative estimate of drug-likeness (QED) is 0.628. The van der Waals surface area contributed by atoms with Crippen molar-refractivity contribution >= 4 is 29.2 Å². The van der Waals surface area contributed by atoms with Gasteiger partial charge in [0.2, 0.25) is 0 Å². The van der Waals surface area contributed by atoms with Gasteiger partial charge in [-0.05, 0) is 31.8 Å². The fourth-order valence-corrected chi connectivity index (χ4v) is 2.37. The molecule has 0 aliphatic heterocycles. The van der Waals surface area contributed by atoms with Gasteiger partial charge in [-0.1, -0.05) is 18.5 Å². The van der Waals surface area contributed by atoms with Gasteiger partial charge in [0, 0.05) is 12.1 Å². The summed E-state index contributed by atoms with van der Waals surface area (Å²) >= 11 is 7.82. The molecule has 0 spiro atoms. The van der Waals surface area contributed by atoms with Crippen molar-refractivity contribution in [2.24, 2.45) is 0 Å². The SMILES string of the molecule is CCSCCC(C)Nc1cc(Cl)nc(C)n1. The van der Waals surface area contributed by atoms with Crippen molar-refractivity contribution in [3.8, 4) is 0 Å². The normalized spacial score (nSPS) is 12.5. The molecule has 1 atom stereocenters. The first-order valence-electron chi connectivity index (χ1n) is 5.47. The second-order valence-electron chi connectivity index (χ2n) is 3.65. The number of aromatic nitrogens is 2. The summed E-state index contributed by atoms with van der Waals surface area (Å²) in [6, 6.07) is 2.17. The van der Waals surface area contributed by atoms with Crippen LogP contribution in [0, 0.1) is 6.92 Å². The van der Waals surface area contributed by atoms with Crippen molar-refractivity contribution in [2.75, 3.05) is 16.8 Å². The lowest BCUT2D eigenvalue weighted by atomic mass is 10.2. The first-order chi connectivity index (χ1) is 7.61. The van der Waals surface area contributed by atoms with Crippen LogP contribution in [0.1, 0.15) is 26.1 Å². The molecule has 0 saturated carbocycles. The molecule has 0 aliphatic rings. The molecule has 0 fully saturated rings. The summed E-state index contributed by atoms with van der Waals surface area (Å²) in [5, 5.41) is 3.82. The number of hydrogen-bond donors (Lipinski definition) is 1. The number of anilines is 1. The van der Waals surface area contributed by atoms with Crippen LogP contribution in [-0.4, -0.2) is 27.5 Å². The van der Waals surface area contributed by atoms with Crippen molar-refractivity contribution in [3.63, 3.8) is 0 Å². The summed E-state index contributed by atoms with van der Waals surface area (Å²) in [5.74, 6) is 3.85. The third-order valence-corrected chi connectivity index (χ3v) is 3.23. The molecule has 16 heavy (non-hydrogen) atoms. The molecule has 1 rings (SSSR count). The zero-order chi connectivity index (χ0) is 12.0. The molecule has 1 N–H and O–H groups in total. The third kappa shape index (κ3) is 5.03. The van der Waals surface area contributed by atoms with Gasteiger partial charge in [-0.2, -0.15) is 11.8 Å². The highest BCUT2D eigenvalue weighted by atomic mass is 35.5. The van der Waals surface area contributed by atoms with Crippen LogP contribution in [-0.2, 0) is 0 Å². The minimum atomic E-state index is 0.407. The largest absolute Gasteiger partial charge is 0.367 e. The van der Waals surface area contributed by atoms with E-state index in [1.807, 2.05) is 18.7 Å². The van der Waals surface area contributed by atoms with Crippen LogP contribution in [0.4, 0.5) is 5.82 Å². The Labute approximate surface area is 106 Å². The van der Waals surface area contributed by atoms with Gasteiger partial charge in [0.1, 0.15) is 16.8 Å². The van der Waals surface area contributed by atoms with Gasteiger partial charge < -0.3 is 5.32 Å². The minimum absolute atomic E-state index is 0.407. The van der Waals surface area contributed by atoms with Gasteiger partial charge in [-0.15, -0.1) is 0 Å². The van der Waals surface area contributed by atoms with Crippen molar-refractivity contribution in [3.05, 3.63) is 17.0 Å². The van der Waals surface area contributed by atoms with Crippen LogP contribution in [0.3, 0.4) is 0 Å². The molecule has 1 aromatic rings. The Kier molecular flexibility index (Phi) is 5.91. The fraction of sp³-hybridized carbons (Fsp3) is 0.636. The standard InChI is InChI=1S/C11H18ClN3S/c1-4-16-6-5-8(2)13-11-7-10(12)14-9(3)15-11/h7-8H,4-6H2,1-3H3,(H,13,14,15). The lowest BCUT2D eigenvalue weighted by molar-refractivity contribution is 0.764. The van der Waals surface area contributed by atoms with E-state index in [-0.39, 0.29) is 0 Å². The number of aryl methyl sites for hydroxylation is 1. The average molecular weight is 260 g/mol. The van der Waals surface area contributed by atoms with Gasteiger partial charge in [0.15, 0.2) is 0 Å². The lowest BCUT2D eigenvalue weighted by Crippen LogP contribution is -2.17. The molecular formula is C11H18ClN3S. The Morgan fingerprint density at radius 2 is 2.25 bits per heavy atom. The zero-order valence-corrected chi connectivity index (χ0v) is 11.5. The first kappa shape index (κ1) is 13.6. The molecule has 0 radical (unpaired) electrons. The van der Waals surface area contributed by atoms with E-state index in [1.54, 1.807) is 6.07 Å². The Morgan fingerprint density at radius 3 is 2.88 bits per heavy atom. The Bertz CT molecular complexity index is 313. The van der Waals surface area contributed by atoms with E-state index < -0.39 is 0 Å². The number of halogens is 1. The fourth-order valence-electron chi connectivity index (χ4n) is 1.33. The first-order valence-corrected chi connectivity index (χ1v) is 7.00. The van der Waals surface area contributed by atoms with E-state index in [4.69, 9.17) is 11.6 Å². The topological polar surface area (TPSA) is 37.8 Å². The maximum Gasteiger partial charge on any atom is 0.134 e. The smallest absolute Gasteiger partial charge is 0.134 e. The minimum Gasteiger partial charge on any atom is -0.367 e. The Hall–Kier alpha value is -0.480. The van der Waals surface area contributed by atoms with Crippen molar-refractivity contribution in [1.82, 2.24) is 9.97 Å². The molecule has 3 nitrogen and oxygen atoms in total. The maximum atomic E-state index is 5.87. The predicted octanol–water partition coefficient (Wildman–Crippen LogP) is 3.38. The van der Waals surface area contributed by atoms with E-state index in [2.05, 4.69) is 29.1 Å². The van der Waals surface area contributed by atoms with Crippen LogP contribution >= 0.6 is 23.4 Å². The Morgan fingerprint density at radius 1 is 1.50 bits per heavy atom. The molecule has 1 heterocycles. The van der Waals surface area contributed by atoms with Crippen LogP contribution in [0.25, 0.3) is 0 Å². The molecule has 0 aliphatic carbocycles. The number of nitrogens with zero attached hydrogens (tertiary/aromatic N) is 2. The second kappa shape index (κ2) is 6.97. The van der Waals surface area contributed by atoms with Crippen LogP contribution in [0.2, 0.25) is 5.15 Å². The number of rotatable bonds is 6. The highest BCUT2D eigenvalue weighted by Crippen LogP contribution is 2.13. The van der Waals surface area contributed by atoms with Crippen molar-refractivity contribution in [2.45, 2.75) is 33.2 Å². The van der Waals surface area contributed by atoms with Gasteiger partial charge in [0.05, 0.1) is 0 Å². The van der Waals surface area contributed by atoms with E-state index in [9.17, 15) is 0 Å². The summed E-state index contributed by atoms with van der Waals surface area (Å²) in [6.07, 6.45) is 1.12. The summed E-state index contributed by atoms with van der Waals surface area (Å²) in [6.45, 7) is 6.17. The van der Waals surface area contributed by atoms with Crippen molar-refractivity contribution < 1.29 is 0 Å². The van der Waals surface area contributed by atoms with Crippen LogP contribution < -0.4 is 5.32 Å². The van der Waals surface area contributed by atoms with Crippen LogP contribution in [0.5, 0.6) is 0 Å². The summed E-state index contributed by atoms with van der Waals surface area (Å²) in [5.41, 5.74) is 0. The van der Waals surface area contributed by atoms with Gasteiger partial charge in [0.25, 0.3) is 0 Å². The van der Waals surface area contributed by atoms with E-state index >= 15 is 0 Å². The van der Waals surface area contributed by atoms with Gasteiger partial charge in [-0.25, -0.2) is 9.97 Å². The molecule has 1 unspecified atom stereocenters. The Balaban J connectivity index is 2.45. The maximum absolute atomic E-state index is 5.87. The molecule has 0 bridgehead atoms. The second-order valence-corrected chi connectivity index (χ2v) is 5.44. The molecular weight excluding hydrogens is 242 g/mol. The number of thioether (sulfide) groups is 1. The molecule has 0 aromatic carbocycles. The van der Waals surface area contributed by atoms with Crippen molar-refractivity contribution in [1.29, 1.82) is 0 Å². The van der Waals surface area contributed by atoms with E-state index in [0.717, 1.165) is 12.2 Å². The van der Waals surface area contributed by atoms with E-state index in [0.29, 0.717) is 17.0 Å². The summed E-state index contributed by atoms with van der Waals surface area (Å²) in [4.78, 5) is 8.32. The highest BCUT2D eigenvalue weighted by molar-refractivity contribution is 7.99. The van der Waals surface area contributed by atoms with Gasteiger partial charge >= 0.3 is 0 Å². The molecule has 90 valence electrons. The third-order valence-electron chi connectivity index (χ3n) is 2.10. The van der Waals surface area contributed by atoms with E-state index in [1.165, 1.54) is 11.5 Å².